The Morgan fingerprint density at radius 2 is 1.81 bits per heavy atom. The Morgan fingerprint density at radius 1 is 1.19 bits per heavy atom. The van der Waals surface area contributed by atoms with Gasteiger partial charge in [-0.05, 0) is 37.1 Å². The van der Waals surface area contributed by atoms with Crippen LogP contribution < -0.4 is 10.1 Å². The van der Waals surface area contributed by atoms with Crippen LogP contribution in [0.3, 0.4) is 0 Å². The predicted octanol–water partition coefficient (Wildman–Crippen LogP) is 3.03. The highest BCUT2D eigenvalue weighted by atomic mass is 79.9. The van der Waals surface area contributed by atoms with Crippen molar-refractivity contribution in [3.05, 3.63) is 28.7 Å². The van der Waals surface area contributed by atoms with Crippen LogP contribution in [0.2, 0.25) is 0 Å². The van der Waals surface area contributed by atoms with Gasteiger partial charge in [-0.3, -0.25) is 4.79 Å². The van der Waals surface area contributed by atoms with Gasteiger partial charge >= 0.3 is 0 Å². The number of halogens is 1. The maximum Gasteiger partial charge on any atom is 0.258 e. The summed E-state index contributed by atoms with van der Waals surface area (Å²) in [6.45, 7) is 0.285. The van der Waals surface area contributed by atoms with Crippen LogP contribution in [-0.4, -0.2) is 29.8 Å². The first-order valence-corrected chi connectivity index (χ1v) is 8.24. The number of hydrogen-bond donors (Lipinski definition) is 2. The zero-order chi connectivity index (χ0) is 15.1. The van der Waals surface area contributed by atoms with E-state index in [1.165, 1.54) is 12.8 Å². The molecule has 0 atom stereocenters. The van der Waals surface area contributed by atoms with Gasteiger partial charge in [-0.2, -0.15) is 0 Å². The number of carbonyl (C=O) groups excluding carboxylic acids is 1. The molecule has 21 heavy (non-hydrogen) atoms. The Hall–Kier alpha value is -1.07. The van der Waals surface area contributed by atoms with Gasteiger partial charge in [0.05, 0.1) is 5.60 Å². The van der Waals surface area contributed by atoms with E-state index >= 15 is 0 Å². The van der Waals surface area contributed by atoms with Gasteiger partial charge in [0, 0.05) is 11.0 Å². The van der Waals surface area contributed by atoms with Crippen LogP contribution in [-0.2, 0) is 4.79 Å². The summed E-state index contributed by atoms with van der Waals surface area (Å²) in [7, 11) is 0. The molecule has 1 amide bonds. The van der Waals surface area contributed by atoms with Gasteiger partial charge in [-0.1, -0.05) is 41.6 Å². The van der Waals surface area contributed by atoms with Crippen LogP contribution in [0.15, 0.2) is 28.7 Å². The normalized spacial score (nSPS) is 17.8. The summed E-state index contributed by atoms with van der Waals surface area (Å²) in [5.74, 6) is 0.456. The molecule has 1 aromatic carbocycles. The van der Waals surface area contributed by atoms with Crippen LogP contribution in [0.25, 0.3) is 0 Å². The van der Waals surface area contributed by atoms with Crippen LogP contribution in [0, 0.1) is 0 Å². The monoisotopic (exact) mass is 355 g/mol. The molecule has 1 aliphatic rings. The fraction of sp³-hybridized carbons (Fsp3) is 0.562. The van der Waals surface area contributed by atoms with Gasteiger partial charge in [0.25, 0.3) is 5.91 Å². The van der Waals surface area contributed by atoms with E-state index in [0.29, 0.717) is 12.3 Å². The first-order valence-electron chi connectivity index (χ1n) is 7.45. The van der Waals surface area contributed by atoms with Crippen molar-refractivity contribution in [2.75, 3.05) is 13.2 Å². The molecule has 0 aliphatic heterocycles. The molecule has 2 N–H and O–H groups in total. The quantitative estimate of drug-likeness (QED) is 0.798. The summed E-state index contributed by atoms with van der Waals surface area (Å²) in [5.41, 5.74) is -0.746. The van der Waals surface area contributed by atoms with Crippen LogP contribution in [0.1, 0.15) is 38.5 Å². The van der Waals surface area contributed by atoms with E-state index in [1.807, 2.05) is 12.1 Å². The number of nitrogens with one attached hydrogen (secondary N) is 1. The molecule has 116 valence electrons. The maximum atomic E-state index is 11.8. The predicted molar refractivity (Wildman–Crippen MR) is 85.3 cm³/mol. The molecule has 0 aromatic heterocycles. The highest BCUT2D eigenvalue weighted by molar-refractivity contribution is 9.10. The van der Waals surface area contributed by atoms with E-state index in [4.69, 9.17) is 4.74 Å². The number of benzene rings is 1. The lowest BCUT2D eigenvalue weighted by molar-refractivity contribution is -0.124. The zero-order valence-corrected chi connectivity index (χ0v) is 13.7. The molecular weight excluding hydrogens is 334 g/mol. The lowest BCUT2D eigenvalue weighted by Gasteiger charge is -2.26. The highest BCUT2D eigenvalue weighted by Crippen LogP contribution is 2.26. The molecule has 0 bridgehead atoms. The summed E-state index contributed by atoms with van der Waals surface area (Å²) < 4.78 is 6.37. The topological polar surface area (TPSA) is 58.6 Å². The second-order valence-electron chi connectivity index (χ2n) is 5.66. The Balaban J connectivity index is 1.72. The van der Waals surface area contributed by atoms with Crippen molar-refractivity contribution in [1.29, 1.82) is 0 Å². The van der Waals surface area contributed by atoms with Crippen LogP contribution in [0.5, 0.6) is 5.75 Å². The zero-order valence-electron chi connectivity index (χ0n) is 12.1. The average molecular weight is 356 g/mol. The molecule has 0 spiro atoms. The van der Waals surface area contributed by atoms with Crippen molar-refractivity contribution in [2.24, 2.45) is 0 Å². The van der Waals surface area contributed by atoms with Crippen molar-refractivity contribution >= 4 is 21.8 Å². The van der Waals surface area contributed by atoms with Gasteiger partial charge in [0.1, 0.15) is 5.75 Å². The minimum atomic E-state index is -0.746. The molecule has 0 heterocycles. The first kappa shape index (κ1) is 16.3. The molecule has 0 saturated heterocycles. The number of amides is 1. The largest absolute Gasteiger partial charge is 0.484 e. The van der Waals surface area contributed by atoms with E-state index in [9.17, 15) is 9.90 Å². The second-order valence-corrected chi connectivity index (χ2v) is 6.57. The molecule has 2 rings (SSSR count). The van der Waals surface area contributed by atoms with E-state index in [-0.39, 0.29) is 12.5 Å². The third kappa shape index (κ3) is 5.67. The first-order chi connectivity index (χ1) is 10.1. The smallest absolute Gasteiger partial charge is 0.258 e. The van der Waals surface area contributed by atoms with Gasteiger partial charge < -0.3 is 15.2 Å². The summed E-state index contributed by atoms with van der Waals surface area (Å²) in [5, 5.41) is 13.2. The van der Waals surface area contributed by atoms with Crippen molar-refractivity contribution in [2.45, 2.75) is 44.1 Å². The Morgan fingerprint density at radius 3 is 2.43 bits per heavy atom. The van der Waals surface area contributed by atoms with Gasteiger partial charge in [0.2, 0.25) is 0 Å². The number of carbonyl (C=O) groups is 1. The molecular formula is C16H22BrNO3. The molecule has 4 nitrogen and oxygen atoms in total. The lowest BCUT2D eigenvalue weighted by atomic mass is 9.94. The van der Waals surface area contributed by atoms with Crippen molar-refractivity contribution < 1.29 is 14.6 Å². The number of hydrogen-bond acceptors (Lipinski definition) is 3. The van der Waals surface area contributed by atoms with Crippen molar-refractivity contribution in [1.82, 2.24) is 5.32 Å². The van der Waals surface area contributed by atoms with E-state index < -0.39 is 5.60 Å². The molecule has 1 aliphatic carbocycles. The van der Waals surface area contributed by atoms with E-state index in [1.54, 1.807) is 12.1 Å². The average Bonchev–Trinajstić information content (AvgIpc) is 2.70. The minimum Gasteiger partial charge on any atom is -0.484 e. The van der Waals surface area contributed by atoms with E-state index in [2.05, 4.69) is 21.2 Å². The van der Waals surface area contributed by atoms with Gasteiger partial charge in [-0.15, -0.1) is 0 Å². The lowest BCUT2D eigenvalue weighted by Crippen LogP contribution is -2.44. The molecule has 1 fully saturated rings. The van der Waals surface area contributed by atoms with Gasteiger partial charge in [-0.25, -0.2) is 0 Å². The van der Waals surface area contributed by atoms with E-state index in [0.717, 1.165) is 30.2 Å². The second kappa shape index (κ2) is 7.80. The molecule has 0 unspecified atom stereocenters. The van der Waals surface area contributed by atoms with Crippen molar-refractivity contribution in [3.8, 4) is 5.75 Å². The molecule has 0 radical (unpaired) electrons. The number of ether oxygens (including phenoxy) is 1. The summed E-state index contributed by atoms with van der Waals surface area (Å²) >= 11 is 3.34. The third-order valence-corrected chi connectivity index (χ3v) is 4.36. The summed E-state index contributed by atoms with van der Waals surface area (Å²) in [4.78, 5) is 11.8. The number of aliphatic hydroxyl groups is 1. The Kier molecular flexibility index (Phi) is 6.06. The third-order valence-electron chi connectivity index (χ3n) is 3.83. The standard InChI is InChI=1S/C16H22BrNO3/c17-13-5-7-14(8-6-13)21-11-15(19)18-12-16(20)9-3-1-2-4-10-16/h5-8,20H,1-4,9-12H2,(H,18,19). The fourth-order valence-corrected chi connectivity index (χ4v) is 2.82. The van der Waals surface area contributed by atoms with Crippen LogP contribution in [0.4, 0.5) is 0 Å². The maximum absolute atomic E-state index is 11.8. The summed E-state index contributed by atoms with van der Waals surface area (Å²) in [6, 6.07) is 7.33. The highest BCUT2D eigenvalue weighted by Gasteiger charge is 2.28. The minimum absolute atomic E-state index is 0.0300. The molecule has 1 aromatic rings. The number of rotatable bonds is 5. The van der Waals surface area contributed by atoms with Gasteiger partial charge in [0.15, 0.2) is 6.61 Å². The van der Waals surface area contributed by atoms with Crippen LogP contribution >= 0.6 is 15.9 Å². The Labute approximate surface area is 134 Å². The fourth-order valence-electron chi connectivity index (χ4n) is 2.56. The SMILES string of the molecule is O=C(COc1ccc(Br)cc1)NCC1(O)CCCCCC1. The summed E-state index contributed by atoms with van der Waals surface area (Å²) in [6.07, 6.45) is 5.93. The molecule has 5 heteroatoms. The van der Waals surface area contributed by atoms with Crippen molar-refractivity contribution in [3.63, 3.8) is 0 Å². The Bertz CT molecular complexity index is 453. The molecule has 1 saturated carbocycles.